The minimum atomic E-state index is 0. The van der Waals surface area contributed by atoms with Crippen molar-refractivity contribution in [3.05, 3.63) is 122 Å². The van der Waals surface area contributed by atoms with Gasteiger partial charge in [0.1, 0.15) is 0 Å². The van der Waals surface area contributed by atoms with Gasteiger partial charge in [0.05, 0.1) is 0 Å². The van der Waals surface area contributed by atoms with Gasteiger partial charge in [-0.05, 0) is 6.42 Å². The molecule has 0 saturated heterocycles. The fraction of sp³-hybridized carbons (Fsp3) is 0.0769. The van der Waals surface area contributed by atoms with Crippen molar-refractivity contribution in [2.75, 3.05) is 0 Å². The summed E-state index contributed by atoms with van der Waals surface area (Å²) < 4.78 is 0. The molecule has 1 aliphatic carbocycles. The average Bonchev–Trinajstić information content (AvgIpc) is 3.27. The number of allylic oxidation sites excluding steroid dienone is 1. The molecule has 5 rings (SSSR count). The Kier molecular flexibility index (Phi) is 9.65. The van der Waals surface area contributed by atoms with Crippen LogP contribution in [0.1, 0.15) is 18.1 Å². The molecule has 0 fully saturated rings. The van der Waals surface area contributed by atoms with Crippen LogP contribution in [0.5, 0.6) is 0 Å². The molecule has 1 heteroatoms. The molecule has 0 atom stereocenters. The molecule has 0 aliphatic heterocycles. The van der Waals surface area contributed by atoms with Gasteiger partial charge in [-0.2, -0.15) is 47.3 Å². The molecule has 0 unspecified atom stereocenters. The summed E-state index contributed by atoms with van der Waals surface area (Å²) in [5.74, 6) is 0. The topological polar surface area (TPSA) is 0 Å². The predicted molar refractivity (Wildman–Crippen MR) is 114 cm³/mol. The van der Waals surface area contributed by atoms with Crippen LogP contribution in [-0.2, 0) is 28.1 Å². The second-order valence-corrected chi connectivity index (χ2v) is 5.88. The van der Waals surface area contributed by atoms with E-state index in [4.69, 9.17) is 6.58 Å². The van der Waals surface area contributed by atoms with E-state index in [-0.39, 0.29) is 29.1 Å². The SMILES string of the molecule is [CH-]=CC.[CH3-].[Ti+4].[c-]1cccc2c1Cc1ccccc1-2.c1ccc2[cH-]ccc2c1. The normalized spacial score (nSPS) is 9.81. The molecular weight excluding hydrogens is 360 g/mol. The van der Waals surface area contributed by atoms with E-state index in [0.29, 0.717) is 0 Å². The van der Waals surface area contributed by atoms with E-state index in [1.54, 1.807) is 6.92 Å². The average molecular weight is 384 g/mol. The molecule has 0 bridgehead atoms. The predicted octanol–water partition coefficient (Wildman–Crippen LogP) is 7.06. The van der Waals surface area contributed by atoms with Gasteiger partial charge in [-0.25, -0.2) is 0 Å². The van der Waals surface area contributed by atoms with E-state index in [1.807, 2.05) is 6.07 Å². The van der Waals surface area contributed by atoms with Crippen LogP contribution in [0.25, 0.3) is 21.9 Å². The van der Waals surface area contributed by atoms with Crippen LogP contribution in [0.15, 0.2) is 91.0 Å². The Hall–Kier alpha value is -2.28. The molecule has 4 aromatic carbocycles. The summed E-state index contributed by atoms with van der Waals surface area (Å²) in [6, 6.07) is 32.8. The van der Waals surface area contributed by atoms with E-state index >= 15 is 0 Å². The van der Waals surface area contributed by atoms with Crippen molar-refractivity contribution >= 4 is 10.8 Å². The van der Waals surface area contributed by atoms with Crippen LogP contribution in [0.2, 0.25) is 0 Å². The first-order valence-electron chi connectivity index (χ1n) is 8.51. The molecule has 4 aromatic rings. The van der Waals surface area contributed by atoms with Crippen molar-refractivity contribution < 1.29 is 21.7 Å². The Balaban J connectivity index is 0.000000231. The van der Waals surface area contributed by atoms with Crippen LogP contribution in [0.4, 0.5) is 0 Å². The first-order chi connectivity index (χ1) is 12.3. The number of fused-ring (bicyclic) bond motifs is 4. The molecule has 0 amide bonds. The minimum Gasteiger partial charge on any atom is -0.518 e. The summed E-state index contributed by atoms with van der Waals surface area (Å²) in [6.07, 6.45) is 2.55. The Morgan fingerprint density at radius 2 is 1.59 bits per heavy atom. The number of rotatable bonds is 0. The summed E-state index contributed by atoms with van der Waals surface area (Å²) in [5.41, 5.74) is 5.51. The smallest absolute Gasteiger partial charge is 0.518 e. The van der Waals surface area contributed by atoms with Gasteiger partial charge in [-0.15, -0.1) is 35.2 Å². The van der Waals surface area contributed by atoms with Gasteiger partial charge >= 0.3 is 21.7 Å². The second kappa shape index (κ2) is 11.4. The van der Waals surface area contributed by atoms with Crippen LogP contribution in [0.3, 0.4) is 0 Å². The standard InChI is InChI=1S/C13H9.C9H7.C3H5.CH3.Ti/c1-3-7-12-10(5-1)9-11-6-2-4-8-13(11)12;1-2-5-9-7-3-6-8(9)4-1;1-3-2;;/h1-5,7-8H,9H2;1-7H;1,3H,2H3;1H3;/q4*-1;+4. The van der Waals surface area contributed by atoms with Crippen molar-refractivity contribution in [2.45, 2.75) is 13.3 Å². The van der Waals surface area contributed by atoms with Crippen LogP contribution in [0, 0.1) is 20.1 Å². The summed E-state index contributed by atoms with van der Waals surface area (Å²) in [6.45, 7) is 6.50. The molecule has 0 saturated carbocycles. The van der Waals surface area contributed by atoms with E-state index in [2.05, 4.69) is 84.9 Å². The third kappa shape index (κ3) is 5.60. The van der Waals surface area contributed by atoms with Crippen molar-refractivity contribution in [2.24, 2.45) is 0 Å². The fourth-order valence-electron chi connectivity index (χ4n) is 3.07. The van der Waals surface area contributed by atoms with Crippen molar-refractivity contribution in [3.8, 4) is 11.1 Å². The molecule has 0 N–H and O–H groups in total. The van der Waals surface area contributed by atoms with E-state index in [1.165, 1.54) is 39.1 Å². The molecule has 0 heterocycles. The molecule has 0 spiro atoms. The summed E-state index contributed by atoms with van der Waals surface area (Å²) in [5, 5.41) is 2.66. The first-order valence-corrected chi connectivity index (χ1v) is 8.51. The van der Waals surface area contributed by atoms with Crippen LogP contribution < -0.4 is 0 Å². The monoisotopic (exact) mass is 384 g/mol. The van der Waals surface area contributed by atoms with E-state index in [9.17, 15) is 0 Å². The molecule has 0 nitrogen and oxygen atoms in total. The summed E-state index contributed by atoms with van der Waals surface area (Å²) >= 11 is 0. The van der Waals surface area contributed by atoms with E-state index < -0.39 is 0 Å². The number of hydrogen-bond acceptors (Lipinski definition) is 0. The second-order valence-electron chi connectivity index (χ2n) is 5.88. The van der Waals surface area contributed by atoms with Crippen LogP contribution in [-0.4, -0.2) is 0 Å². The van der Waals surface area contributed by atoms with E-state index in [0.717, 1.165) is 6.42 Å². The van der Waals surface area contributed by atoms with Gasteiger partial charge in [0.15, 0.2) is 0 Å². The third-order valence-corrected chi connectivity index (χ3v) is 4.16. The van der Waals surface area contributed by atoms with Gasteiger partial charge in [-0.1, -0.05) is 48.4 Å². The van der Waals surface area contributed by atoms with Gasteiger partial charge in [0.2, 0.25) is 0 Å². The van der Waals surface area contributed by atoms with Gasteiger partial charge < -0.3 is 14.0 Å². The zero-order valence-electron chi connectivity index (χ0n) is 15.9. The molecule has 0 aromatic heterocycles. The summed E-state index contributed by atoms with van der Waals surface area (Å²) in [4.78, 5) is 0. The molecule has 1 aliphatic rings. The summed E-state index contributed by atoms with van der Waals surface area (Å²) in [7, 11) is 0. The minimum absolute atomic E-state index is 0. The fourth-order valence-corrected chi connectivity index (χ4v) is 3.07. The van der Waals surface area contributed by atoms with Crippen molar-refractivity contribution in [1.29, 1.82) is 0 Å². The third-order valence-electron chi connectivity index (χ3n) is 4.16. The Morgan fingerprint density at radius 3 is 2.37 bits per heavy atom. The van der Waals surface area contributed by atoms with Crippen molar-refractivity contribution in [1.82, 2.24) is 0 Å². The van der Waals surface area contributed by atoms with Gasteiger partial charge in [0, 0.05) is 0 Å². The van der Waals surface area contributed by atoms with Gasteiger partial charge in [-0.3, -0.25) is 6.08 Å². The maximum atomic E-state index is 4.72. The molecule has 132 valence electrons. The Morgan fingerprint density at radius 1 is 0.926 bits per heavy atom. The first kappa shape index (κ1) is 22.8. The maximum absolute atomic E-state index is 4.72. The Labute approximate surface area is 178 Å². The zero-order chi connectivity index (χ0) is 17.5. The maximum Gasteiger partial charge on any atom is 4.00 e. The quantitative estimate of drug-likeness (QED) is 0.198. The molecule has 0 radical (unpaired) electrons. The molecular formula is C26H24Ti. The van der Waals surface area contributed by atoms with Gasteiger partial charge in [0.25, 0.3) is 0 Å². The number of hydrogen-bond donors (Lipinski definition) is 0. The Bertz CT molecular complexity index is 889. The number of benzene rings is 3. The largest absolute Gasteiger partial charge is 4.00 e. The molecule has 27 heavy (non-hydrogen) atoms. The van der Waals surface area contributed by atoms with Crippen LogP contribution >= 0.6 is 0 Å². The van der Waals surface area contributed by atoms with Crippen molar-refractivity contribution in [3.63, 3.8) is 0 Å². The zero-order valence-corrected chi connectivity index (χ0v) is 17.5.